The summed E-state index contributed by atoms with van der Waals surface area (Å²) in [6, 6.07) is 15.0. The van der Waals surface area contributed by atoms with Crippen molar-refractivity contribution in [3.05, 3.63) is 76.9 Å². The van der Waals surface area contributed by atoms with E-state index in [1.807, 2.05) is 14.0 Å². The lowest BCUT2D eigenvalue weighted by atomic mass is 9.92. The SMILES string of the molecule is Cc1cc(Cc2ccccc2)cc([C@H]2CCCN(CC(=O)Nc3cnn(C)c3C)C2)n1. The summed E-state index contributed by atoms with van der Waals surface area (Å²) < 4.78 is 1.77. The zero-order valence-corrected chi connectivity index (χ0v) is 18.6. The fraction of sp³-hybridized carbons (Fsp3) is 0.400. The van der Waals surface area contributed by atoms with E-state index >= 15 is 0 Å². The molecule has 1 aromatic carbocycles. The molecule has 4 rings (SSSR count). The highest BCUT2D eigenvalue weighted by Crippen LogP contribution is 2.27. The number of anilines is 1. The summed E-state index contributed by atoms with van der Waals surface area (Å²) in [5, 5.41) is 7.19. The number of hydrogen-bond acceptors (Lipinski definition) is 4. The first-order chi connectivity index (χ1) is 15.0. The molecule has 0 spiro atoms. The molecule has 31 heavy (non-hydrogen) atoms. The van der Waals surface area contributed by atoms with Gasteiger partial charge in [0.1, 0.15) is 0 Å². The molecule has 0 unspecified atom stereocenters. The third-order valence-electron chi connectivity index (χ3n) is 6.08. The fourth-order valence-electron chi connectivity index (χ4n) is 4.37. The Kier molecular flexibility index (Phi) is 6.47. The van der Waals surface area contributed by atoms with Gasteiger partial charge in [0.05, 0.1) is 24.1 Å². The number of nitrogens with zero attached hydrogens (tertiary/aromatic N) is 4. The maximum absolute atomic E-state index is 12.6. The Balaban J connectivity index is 1.41. The topological polar surface area (TPSA) is 63.1 Å². The second kappa shape index (κ2) is 9.43. The molecule has 2 aromatic heterocycles. The van der Waals surface area contributed by atoms with E-state index in [2.05, 4.69) is 64.7 Å². The van der Waals surface area contributed by atoms with E-state index in [9.17, 15) is 4.79 Å². The molecule has 0 radical (unpaired) electrons. The average Bonchev–Trinajstić information content (AvgIpc) is 3.06. The molecule has 6 nitrogen and oxygen atoms in total. The minimum absolute atomic E-state index is 0.0127. The van der Waals surface area contributed by atoms with Crippen LogP contribution in [0.5, 0.6) is 0 Å². The quantitative estimate of drug-likeness (QED) is 0.662. The van der Waals surface area contributed by atoms with Crippen molar-refractivity contribution in [1.82, 2.24) is 19.7 Å². The van der Waals surface area contributed by atoms with Gasteiger partial charge < -0.3 is 5.32 Å². The highest BCUT2D eigenvalue weighted by atomic mass is 16.2. The van der Waals surface area contributed by atoms with Crippen molar-refractivity contribution >= 4 is 11.6 Å². The van der Waals surface area contributed by atoms with Gasteiger partial charge in [-0.3, -0.25) is 19.4 Å². The van der Waals surface area contributed by atoms with Crippen LogP contribution in [0.15, 0.2) is 48.7 Å². The molecule has 0 aliphatic carbocycles. The number of aromatic nitrogens is 3. The summed E-state index contributed by atoms with van der Waals surface area (Å²) >= 11 is 0. The van der Waals surface area contributed by atoms with Gasteiger partial charge in [-0.1, -0.05) is 30.3 Å². The summed E-state index contributed by atoms with van der Waals surface area (Å²) in [5.41, 5.74) is 6.57. The van der Waals surface area contributed by atoms with Crippen LogP contribution in [-0.2, 0) is 18.3 Å². The van der Waals surface area contributed by atoms with Crippen LogP contribution in [0.2, 0.25) is 0 Å². The minimum atomic E-state index is 0.0127. The molecular formula is C25H31N5O. The Bertz CT molecular complexity index is 1040. The number of carbonyl (C=O) groups excluding carboxylic acids is 1. The lowest BCUT2D eigenvalue weighted by Gasteiger charge is -2.32. The van der Waals surface area contributed by atoms with E-state index in [0.717, 1.165) is 55.1 Å². The van der Waals surface area contributed by atoms with Gasteiger partial charge in [-0.25, -0.2) is 0 Å². The van der Waals surface area contributed by atoms with Crippen molar-refractivity contribution in [3.63, 3.8) is 0 Å². The monoisotopic (exact) mass is 417 g/mol. The number of benzene rings is 1. The molecule has 3 aromatic rings. The van der Waals surface area contributed by atoms with E-state index in [-0.39, 0.29) is 5.91 Å². The highest BCUT2D eigenvalue weighted by Gasteiger charge is 2.24. The first-order valence-electron chi connectivity index (χ1n) is 11.0. The van der Waals surface area contributed by atoms with Gasteiger partial charge >= 0.3 is 0 Å². The van der Waals surface area contributed by atoms with Crippen LogP contribution in [0, 0.1) is 13.8 Å². The number of likely N-dealkylation sites (tertiary alicyclic amines) is 1. The molecule has 1 atom stereocenters. The number of amides is 1. The summed E-state index contributed by atoms with van der Waals surface area (Å²) in [6.07, 6.45) is 4.81. The van der Waals surface area contributed by atoms with E-state index in [0.29, 0.717) is 12.5 Å². The largest absolute Gasteiger partial charge is 0.322 e. The third-order valence-corrected chi connectivity index (χ3v) is 6.08. The Morgan fingerprint density at radius 3 is 2.71 bits per heavy atom. The summed E-state index contributed by atoms with van der Waals surface area (Å²) in [5.74, 6) is 0.370. The van der Waals surface area contributed by atoms with Gasteiger partial charge in [0.2, 0.25) is 5.91 Å². The van der Waals surface area contributed by atoms with Crippen LogP contribution in [0.25, 0.3) is 0 Å². The van der Waals surface area contributed by atoms with E-state index < -0.39 is 0 Å². The summed E-state index contributed by atoms with van der Waals surface area (Å²) in [7, 11) is 1.88. The molecule has 1 aliphatic heterocycles. The predicted molar refractivity (Wildman–Crippen MR) is 123 cm³/mol. The Labute approximate surface area is 184 Å². The van der Waals surface area contributed by atoms with Crippen molar-refractivity contribution in [1.29, 1.82) is 0 Å². The third kappa shape index (κ3) is 5.39. The van der Waals surface area contributed by atoms with Crippen molar-refractivity contribution in [2.75, 3.05) is 25.0 Å². The van der Waals surface area contributed by atoms with Crippen molar-refractivity contribution in [2.45, 2.75) is 39.0 Å². The number of piperidine rings is 1. The molecular weight excluding hydrogens is 386 g/mol. The Morgan fingerprint density at radius 2 is 1.97 bits per heavy atom. The molecule has 3 heterocycles. The van der Waals surface area contributed by atoms with Crippen LogP contribution in [0.1, 0.15) is 47.0 Å². The van der Waals surface area contributed by atoms with Crippen LogP contribution < -0.4 is 5.32 Å². The van der Waals surface area contributed by atoms with Crippen molar-refractivity contribution in [2.24, 2.45) is 7.05 Å². The lowest BCUT2D eigenvalue weighted by Crippen LogP contribution is -2.40. The first kappa shape index (κ1) is 21.2. The van der Waals surface area contributed by atoms with Crippen molar-refractivity contribution < 1.29 is 4.79 Å². The van der Waals surface area contributed by atoms with Gasteiger partial charge in [0.15, 0.2) is 0 Å². The molecule has 1 fully saturated rings. The van der Waals surface area contributed by atoms with E-state index in [4.69, 9.17) is 4.98 Å². The maximum Gasteiger partial charge on any atom is 0.238 e. The van der Waals surface area contributed by atoms with Gasteiger partial charge in [0, 0.05) is 30.9 Å². The molecule has 1 aliphatic rings. The number of aryl methyl sites for hydroxylation is 2. The molecule has 162 valence electrons. The zero-order chi connectivity index (χ0) is 21.8. The first-order valence-corrected chi connectivity index (χ1v) is 11.0. The molecule has 1 amide bonds. The van der Waals surface area contributed by atoms with Crippen LogP contribution in [0.3, 0.4) is 0 Å². The predicted octanol–water partition coefficient (Wildman–Crippen LogP) is 3.84. The van der Waals surface area contributed by atoms with Gasteiger partial charge in [-0.05, 0) is 62.9 Å². The normalized spacial score (nSPS) is 16.9. The molecule has 0 bridgehead atoms. The Hall–Kier alpha value is -2.99. The minimum Gasteiger partial charge on any atom is -0.322 e. The standard InChI is InChI=1S/C25H31N5O/c1-18-12-21(13-20-8-5-4-6-9-20)14-23(27-18)22-10-7-11-30(16-22)17-25(31)28-24-15-26-29(3)19(24)2/h4-6,8-9,12,14-15,22H,7,10-11,13,16-17H2,1-3H3,(H,28,31)/t22-/m0/s1. The Morgan fingerprint density at radius 1 is 1.16 bits per heavy atom. The van der Waals surface area contributed by atoms with E-state index in [1.165, 1.54) is 11.1 Å². The molecule has 1 saturated heterocycles. The van der Waals surface area contributed by atoms with Crippen LogP contribution in [0.4, 0.5) is 5.69 Å². The van der Waals surface area contributed by atoms with Gasteiger partial charge in [-0.2, -0.15) is 5.10 Å². The molecule has 0 saturated carbocycles. The fourth-order valence-corrected chi connectivity index (χ4v) is 4.37. The number of pyridine rings is 1. The second-order valence-electron chi connectivity index (χ2n) is 8.59. The number of carbonyl (C=O) groups is 1. The summed E-state index contributed by atoms with van der Waals surface area (Å²) in [4.78, 5) is 19.7. The molecule has 6 heteroatoms. The lowest BCUT2D eigenvalue weighted by molar-refractivity contribution is -0.117. The van der Waals surface area contributed by atoms with Crippen LogP contribution >= 0.6 is 0 Å². The number of nitrogens with one attached hydrogen (secondary N) is 1. The molecule has 1 N–H and O–H groups in total. The van der Waals surface area contributed by atoms with Crippen LogP contribution in [-0.4, -0.2) is 45.2 Å². The zero-order valence-electron chi connectivity index (χ0n) is 18.6. The van der Waals surface area contributed by atoms with Crippen molar-refractivity contribution in [3.8, 4) is 0 Å². The summed E-state index contributed by atoms with van der Waals surface area (Å²) in [6.45, 7) is 6.23. The number of hydrogen-bond donors (Lipinski definition) is 1. The smallest absolute Gasteiger partial charge is 0.238 e. The van der Waals surface area contributed by atoms with E-state index in [1.54, 1.807) is 10.9 Å². The maximum atomic E-state index is 12.6. The second-order valence-corrected chi connectivity index (χ2v) is 8.59. The van der Waals surface area contributed by atoms with Gasteiger partial charge in [-0.15, -0.1) is 0 Å². The number of rotatable bonds is 6. The highest BCUT2D eigenvalue weighted by molar-refractivity contribution is 5.92. The van der Waals surface area contributed by atoms with Gasteiger partial charge in [0.25, 0.3) is 0 Å². The average molecular weight is 418 g/mol.